The molecular weight excluding hydrogens is 372 g/mol. The molecule has 1 fully saturated rings. The highest BCUT2D eigenvalue weighted by Gasteiger charge is 2.61. The molecule has 7 heteroatoms. The van der Waals surface area contributed by atoms with Crippen molar-refractivity contribution in [3.63, 3.8) is 0 Å². The highest BCUT2D eigenvalue weighted by atomic mass is 16.5. The molecule has 2 aromatic carbocycles. The molecule has 1 atom stereocenters. The maximum absolute atomic E-state index is 13.4. The zero-order chi connectivity index (χ0) is 20.6. The number of anilines is 1. The van der Waals surface area contributed by atoms with Crippen LogP contribution < -0.4 is 4.90 Å². The summed E-state index contributed by atoms with van der Waals surface area (Å²) < 4.78 is 5.25. The average Bonchev–Trinajstić information content (AvgIpc) is 3.08. The Hall–Kier alpha value is -3.48. The Bertz CT molecular complexity index is 1000. The van der Waals surface area contributed by atoms with E-state index in [1.54, 1.807) is 24.3 Å². The van der Waals surface area contributed by atoms with Crippen LogP contribution in [-0.2, 0) is 25.7 Å². The normalized spacial score (nSPS) is 20.3. The van der Waals surface area contributed by atoms with Crippen LogP contribution in [0.2, 0.25) is 0 Å². The van der Waals surface area contributed by atoms with Gasteiger partial charge in [-0.25, -0.2) is 4.79 Å². The van der Waals surface area contributed by atoms with Crippen molar-refractivity contribution in [1.29, 1.82) is 0 Å². The number of Topliss-reactive ketones (excluding diaryl/α,β-unsaturated/α-hetero) is 1. The molecule has 2 heterocycles. The van der Waals surface area contributed by atoms with E-state index >= 15 is 0 Å². The van der Waals surface area contributed by atoms with Crippen molar-refractivity contribution in [2.75, 3.05) is 11.5 Å². The third-order valence-electron chi connectivity index (χ3n) is 5.29. The van der Waals surface area contributed by atoms with Crippen LogP contribution in [0.3, 0.4) is 0 Å². The first kappa shape index (κ1) is 18.9. The average molecular weight is 392 g/mol. The Labute approximate surface area is 167 Å². The predicted molar refractivity (Wildman–Crippen MR) is 104 cm³/mol. The first-order valence-corrected chi connectivity index (χ1v) is 9.40. The van der Waals surface area contributed by atoms with Gasteiger partial charge in [-0.2, -0.15) is 0 Å². The van der Waals surface area contributed by atoms with Gasteiger partial charge >= 0.3 is 5.97 Å². The molecule has 2 aromatic rings. The number of amides is 2. The lowest BCUT2D eigenvalue weighted by molar-refractivity contribution is -0.159. The lowest BCUT2D eigenvalue weighted by Gasteiger charge is -2.48. The standard InChI is InChI=1S/C22H20N2O5/c1-15(25)14-29-21(28)22-12-11-19(26)24(22)18-10-6-5-9-17(18)20(27)23(22)13-16-7-3-2-4-8-16/h2-10H,11-14H2,1H3/t22-/m1/s1. The summed E-state index contributed by atoms with van der Waals surface area (Å²) in [5, 5.41) is 0. The van der Waals surface area contributed by atoms with Gasteiger partial charge in [-0.1, -0.05) is 42.5 Å². The molecule has 148 valence electrons. The Balaban J connectivity index is 1.86. The van der Waals surface area contributed by atoms with Gasteiger partial charge in [0, 0.05) is 19.4 Å². The molecule has 1 saturated heterocycles. The molecule has 0 radical (unpaired) electrons. The van der Waals surface area contributed by atoms with Crippen molar-refractivity contribution in [1.82, 2.24) is 4.90 Å². The first-order valence-electron chi connectivity index (χ1n) is 9.40. The lowest BCUT2D eigenvalue weighted by Crippen LogP contribution is -2.68. The third-order valence-corrected chi connectivity index (χ3v) is 5.29. The number of rotatable bonds is 5. The number of para-hydroxylation sites is 1. The van der Waals surface area contributed by atoms with Crippen molar-refractivity contribution >= 4 is 29.3 Å². The van der Waals surface area contributed by atoms with Crippen LogP contribution in [0, 0.1) is 0 Å². The fourth-order valence-corrected chi connectivity index (χ4v) is 4.02. The largest absolute Gasteiger partial charge is 0.455 e. The molecule has 0 bridgehead atoms. The van der Waals surface area contributed by atoms with Crippen LogP contribution >= 0.6 is 0 Å². The van der Waals surface area contributed by atoms with E-state index in [0.717, 1.165) is 5.56 Å². The van der Waals surface area contributed by atoms with Gasteiger partial charge in [0.05, 0.1) is 11.3 Å². The van der Waals surface area contributed by atoms with Gasteiger partial charge in [0.1, 0.15) is 6.61 Å². The zero-order valence-electron chi connectivity index (χ0n) is 16.0. The fourth-order valence-electron chi connectivity index (χ4n) is 4.02. The van der Waals surface area contributed by atoms with E-state index in [-0.39, 0.29) is 37.0 Å². The second-order valence-corrected chi connectivity index (χ2v) is 7.22. The number of fused-ring (bicyclic) bond motifs is 3. The van der Waals surface area contributed by atoms with Gasteiger partial charge in [0.2, 0.25) is 11.6 Å². The topological polar surface area (TPSA) is 84.0 Å². The van der Waals surface area contributed by atoms with Crippen molar-refractivity contribution in [2.24, 2.45) is 0 Å². The molecule has 2 aliphatic heterocycles. The number of carbonyl (C=O) groups is 4. The molecule has 2 aliphatic rings. The van der Waals surface area contributed by atoms with Crippen LogP contribution in [0.15, 0.2) is 54.6 Å². The van der Waals surface area contributed by atoms with Gasteiger partial charge in [-0.05, 0) is 24.6 Å². The summed E-state index contributed by atoms with van der Waals surface area (Å²) in [7, 11) is 0. The SMILES string of the molecule is CC(=O)COC(=O)[C@@]12CCC(=O)N1c1ccccc1C(=O)N2Cc1ccccc1. The third kappa shape index (κ3) is 2.99. The molecular formula is C22H20N2O5. The van der Waals surface area contributed by atoms with E-state index < -0.39 is 18.2 Å². The molecule has 0 saturated carbocycles. The van der Waals surface area contributed by atoms with E-state index in [4.69, 9.17) is 4.74 Å². The van der Waals surface area contributed by atoms with Crippen LogP contribution in [0.5, 0.6) is 0 Å². The molecule has 0 spiro atoms. The van der Waals surface area contributed by atoms with Gasteiger partial charge in [-0.15, -0.1) is 0 Å². The minimum Gasteiger partial charge on any atom is -0.455 e. The van der Waals surface area contributed by atoms with Crippen molar-refractivity contribution in [3.05, 3.63) is 65.7 Å². The van der Waals surface area contributed by atoms with Crippen LogP contribution in [0.25, 0.3) is 0 Å². The molecule has 7 nitrogen and oxygen atoms in total. The monoisotopic (exact) mass is 392 g/mol. The summed E-state index contributed by atoms with van der Waals surface area (Å²) in [6.45, 7) is 1.04. The summed E-state index contributed by atoms with van der Waals surface area (Å²) in [5.74, 6) is -1.70. The quantitative estimate of drug-likeness (QED) is 0.729. The summed E-state index contributed by atoms with van der Waals surface area (Å²) in [6, 6.07) is 16.0. The van der Waals surface area contributed by atoms with Crippen LogP contribution in [-0.4, -0.2) is 40.7 Å². The summed E-state index contributed by atoms with van der Waals surface area (Å²) in [6.07, 6.45) is 0.206. The van der Waals surface area contributed by atoms with E-state index in [9.17, 15) is 19.2 Å². The minimum atomic E-state index is -1.60. The number of benzene rings is 2. The number of ether oxygens (including phenoxy) is 1. The summed E-state index contributed by atoms with van der Waals surface area (Å²) in [4.78, 5) is 53.7. The molecule has 0 N–H and O–H groups in total. The van der Waals surface area contributed by atoms with E-state index in [2.05, 4.69) is 0 Å². The van der Waals surface area contributed by atoms with E-state index in [1.165, 1.54) is 16.7 Å². The highest BCUT2D eigenvalue weighted by molar-refractivity contribution is 6.15. The molecule has 29 heavy (non-hydrogen) atoms. The van der Waals surface area contributed by atoms with E-state index in [0.29, 0.717) is 11.3 Å². The number of hydrogen-bond acceptors (Lipinski definition) is 5. The summed E-state index contributed by atoms with van der Waals surface area (Å²) >= 11 is 0. The molecule has 0 unspecified atom stereocenters. The Kier molecular flexibility index (Phi) is 4.66. The number of esters is 1. The second-order valence-electron chi connectivity index (χ2n) is 7.22. The van der Waals surface area contributed by atoms with E-state index in [1.807, 2.05) is 30.3 Å². The van der Waals surface area contributed by atoms with Crippen molar-refractivity contribution < 1.29 is 23.9 Å². The zero-order valence-corrected chi connectivity index (χ0v) is 16.0. The minimum absolute atomic E-state index is 0.0993. The smallest absolute Gasteiger partial charge is 0.354 e. The number of nitrogens with zero attached hydrogens (tertiary/aromatic N) is 2. The Morgan fingerprint density at radius 1 is 1.03 bits per heavy atom. The molecule has 0 aliphatic carbocycles. The maximum atomic E-state index is 13.4. The number of hydrogen-bond donors (Lipinski definition) is 0. The number of ketones is 1. The molecule has 4 rings (SSSR count). The van der Waals surface area contributed by atoms with Gasteiger partial charge in [0.15, 0.2) is 5.78 Å². The van der Waals surface area contributed by atoms with Crippen LogP contribution in [0.1, 0.15) is 35.7 Å². The van der Waals surface area contributed by atoms with Crippen LogP contribution in [0.4, 0.5) is 5.69 Å². The van der Waals surface area contributed by atoms with Gasteiger partial charge < -0.3 is 9.64 Å². The predicted octanol–water partition coefficient (Wildman–Crippen LogP) is 2.30. The number of carbonyl (C=O) groups excluding carboxylic acids is 4. The van der Waals surface area contributed by atoms with Crippen molar-refractivity contribution in [2.45, 2.75) is 32.0 Å². The second kappa shape index (κ2) is 7.16. The van der Waals surface area contributed by atoms with Crippen molar-refractivity contribution in [3.8, 4) is 0 Å². The van der Waals surface area contributed by atoms with Gasteiger partial charge in [0.25, 0.3) is 5.91 Å². The lowest BCUT2D eigenvalue weighted by atomic mass is 9.95. The molecule has 0 aromatic heterocycles. The Morgan fingerprint density at radius 3 is 2.45 bits per heavy atom. The highest BCUT2D eigenvalue weighted by Crippen LogP contribution is 2.45. The fraction of sp³-hybridized carbons (Fsp3) is 0.273. The molecule has 2 amide bonds. The maximum Gasteiger partial charge on any atom is 0.354 e. The summed E-state index contributed by atoms with van der Waals surface area (Å²) in [5.41, 5.74) is -0.0376. The first-order chi connectivity index (χ1) is 13.9. The Morgan fingerprint density at radius 2 is 1.72 bits per heavy atom. The van der Waals surface area contributed by atoms with Gasteiger partial charge in [-0.3, -0.25) is 19.3 Å².